The van der Waals surface area contributed by atoms with E-state index >= 15 is 0 Å². The van der Waals surface area contributed by atoms with Crippen molar-refractivity contribution in [2.24, 2.45) is 0 Å². The molecule has 2 aromatic carbocycles. The van der Waals surface area contributed by atoms with Crippen molar-refractivity contribution in [2.45, 2.75) is 26.5 Å². The van der Waals surface area contributed by atoms with Crippen LogP contribution >= 0.6 is 11.6 Å². The molecule has 0 unspecified atom stereocenters. The molecule has 5 heteroatoms. The highest BCUT2D eigenvalue weighted by Crippen LogP contribution is 2.29. The van der Waals surface area contributed by atoms with Crippen LogP contribution in [-0.2, 0) is 6.54 Å². The van der Waals surface area contributed by atoms with Crippen molar-refractivity contribution in [2.75, 3.05) is 14.2 Å². The van der Waals surface area contributed by atoms with Gasteiger partial charge in [-0.3, -0.25) is 4.79 Å². The third kappa shape index (κ3) is 4.42. The fourth-order valence-electron chi connectivity index (χ4n) is 2.33. The Labute approximate surface area is 147 Å². The minimum atomic E-state index is -0.107. The first-order valence-electron chi connectivity index (χ1n) is 7.76. The van der Waals surface area contributed by atoms with Gasteiger partial charge in [0.15, 0.2) is 11.5 Å². The first-order chi connectivity index (χ1) is 11.4. The second kappa shape index (κ2) is 8.06. The molecule has 128 valence electrons. The Hall–Kier alpha value is -2.20. The highest BCUT2D eigenvalue weighted by atomic mass is 35.5. The molecule has 0 saturated heterocycles. The zero-order chi connectivity index (χ0) is 17.7. The lowest BCUT2D eigenvalue weighted by atomic mass is 10.1. The topological polar surface area (TPSA) is 38.8 Å². The molecule has 0 atom stereocenters. The van der Waals surface area contributed by atoms with E-state index in [1.807, 2.05) is 38.1 Å². The summed E-state index contributed by atoms with van der Waals surface area (Å²) in [6, 6.07) is 12.7. The highest BCUT2D eigenvalue weighted by molar-refractivity contribution is 6.31. The van der Waals surface area contributed by atoms with E-state index in [2.05, 4.69) is 0 Å². The lowest BCUT2D eigenvalue weighted by Crippen LogP contribution is -2.26. The van der Waals surface area contributed by atoms with Crippen LogP contribution < -0.4 is 9.47 Å². The van der Waals surface area contributed by atoms with Gasteiger partial charge in [-0.25, -0.2) is 0 Å². The number of hydrogen-bond donors (Lipinski definition) is 0. The van der Waals surface area contributed by atoms with E-state index in [-0.39, 0.29) is 12.0 Å². The Kier molecular flexibility index (Phi) is 6.10. The molecule has 0 aromatic heterocycles. The molecular weight excluding hydrogens is 326 g/mol. The van der Waals surface area contributed by atoms with Crippen LogP contribution in [-0.4, -0.2) is 31.1 Å². The van der Waals surface area contributed by atoms with Crippen LogP contribution in [0.2, 0.25) is 5.02 Å². The lowest BCUT2D eigenvalue weighted by molar-refractivity contribution is 0.0784. The molecular formula is C19H22ClNO3. The van der Waals surface area contributed by atoms with Gasteiger partial charge in [-0.2, -0.15) is 0 Å². The molecule has 0 aliphatic carbocycles. The molecule has 0 fully saturated rings. The van der Waals surface area contributed by atoms with Gasteiger partial charge >= 0.3 is 0 Å². The lowest BCUT2D eigenvalue weighted by Gasteiger charge is -2.19. The van der Waals surface area contributed by atoms with Crippen LogP contribution in [0.4, 0.5) is 0 Å². The van der Waals surface area contributed by atoms with E-state index in [0.717, 1.165) is 5.56 Å². The third-order valence-corrected chi connectivity index (χ3v) is 3.85. The van der Waals surface area contributed by atoms with Crippen LogP contribution in [0.25, 0.3) is 0 Å². The van der Waals surface area contributed by atoms with Crippen molar-refractivity contribution >= 4 is 17.5 Å². The second-order valence-corrected chi connectivity index (χ2v) is 6.19. The SMILES string of the molecule is COc1cc(C(=O)N(C)Cc2ccccc2Cl)ccc1OC(C)C. The molecule has 0 aliphatic rings. The minimum absolute atomic E-state index is 0.0309. The summed E-state index contributed by atoms with van der Waals surface area (Å²) in [5, 5.41) is 0.649. The van der Waals surface area contributed by atoms with Gasteiger partial charge in [-0.1, -0.05) is 29.8 Å². The van der Waals surface area contributed by atoms with Crippen molar-refractivity contribution in [1.82, 2.24) is 4.90 Å². The zero-order valence-corrected chi connectivity index (χ0v) is 15.1. The molecule has 0 aliphatic heterocycles. The van der Waals surface area contributed by atoms with Gasteiger partial charge in [0.2, 0.25) is 0 Å². The summed E-state index contributed by atoms with van der Waals surface area (Å²) in [5.41, 5.74) is 1.44. The number of amides is 1. The first kappa shape index (κ1) is 18.1. The van der Waals surface area contributed by atoms with Gasteiger partial charge in [0, 0.05) is 24.2 Å². The Morgan fingerprint density at radius 1 is 1.17 bits per heavy atom. The molecule has 24 heavy (non-hydrogen) atoms. The smallest absolute Gasteiger partial charge is 0.254 e. The fraction of sp³-hybridized carbons (Fsp3) is 0.316. The van der Waals surface area contributed by atoms with Crippen LogP contribution in [0.3, 0.4) is 0 Å². The predicted molar refractivity (Wildman–Crippen MR) is 96.0 cm³/mol. The standard InChI is InChI=1S/C19H22ClNO3/c1-13(2)24-17-10-9-14(11-18(17)23-4)19(22)21(3)12-15-7-5-6-8-16(15)20/h5-11,13H,12H2,1-4H3. The van der Waals surface area contributed by atoms with Gasteiger partial charge in [0.1, 0.15) is 0 Å². The van der Waals surface area contributed by atoms with E-state index < -0.39 is 0 Å². The number of ether oxygens (including phenoxy) is 2. The molecule has 0 N–H and O–H groups in total. The number of hydrogen-bond acceptors (Lipinski definition) is 3. The van der Waals surface area contributed by atoms with Crippen LogP contribution in [0.15, 0.2) is 42.5 Å². The molecule has 0 heterocycles. The van der Waals surface area contributed by atoms with Gasteiger partial charge in [0.25, 0.3) is 5.91 Å². The highest BCUT2D eigenvalue weighted by Gasteiger charge is 2.16. The number of carbonyl (C=O) groups is 1. The molecule has 1 amide bonds. The van der Waals surface area contributed by atoms with E-state index in [9.17, 15) is 4.79 Å². The van der Waals surface area contributed by atoms with E-state index in [0.29, 0.717) is 28.6 Å². The molecule has 2 rings (SSSR count). The van der Waals surface area contributed by atoms with Gasteiger partial charge in [-0.05, 0) is 43.7 Å². The maximum absolute atomic E-state index is 12.6. The summed E-state index contributed by atoms with van der Waals surface area (Å²) >= 11 is 6.16. The van der Waals surface area contributed by atoms with Crippen LogP contribution in [0.5, 0.6) is 11.5 Å². The average molecular weight is 348 g/mol. The van der Waals surface area contributed by atoms with Crippen LogP contribution in [0.1, 0.15) is 29.8 Å². The van der Waals surface area contributed by atoms with E-state index in [4.69, 9.17) is 21.1 Å². The Morgan fingerprint density at radius 2 is 1.88 bits per heavy atom. The van der Waals surface area contributed by atoms with Crippen molar-refractivity contribution in [3.05, 3.63) is 58.6 Å². The fourth-order valence-corrected chi connectivity index (χ4v) is 2.52. The van der Waals surface area contributed by atoms with E-state index in [1.165, 1.54) is 0 Å². The summed E-state index contributed by atoms with van der Waals surface area (Å²) in [4.78, 5) is 14.3. The number of rotatable bonds is 6. The Morgan fingerprint density at radius 3 is 2.50 bits per heavy atom. The number of carbonyl (C=O) groups excluding carboxylic acids is 1. The van der Waals surface area contributed by atoms with Crippen molar-refractivity contribution in [1.29, 1.82) is 0 Å². The van der Waals surface area contributed by atoms with Crippen molar-refractivity contribution < 1.29 is 14.3 Å². The first-order valence-corrected chi connectivity index (χ1v) is 8.13. The number of nitrogens with zero attached hydrogens (tertiary/aromatic N) is 1. The van der Waals surface area contributed by atoms with Gasteiger partial charge in [-0.15, -0.1) is 0 Å². The monoisotopic (exact) mass is 347 g/mol. The molecule has 4 nitrogen and oxygen atoms in total. The Bertz CT molecular complexity index is 716. The summed E-state index contributed by atoms with van der Waals surface area (Å²) in [6.07, 6.45) is 0.0309. The Balaban J connectivity index is 2.18. The molecule has 0 radical (unpaired) electrons. The maximum Gasteiger partial charge on any atom is 0.254 e. The number of halogens is 1. The molecule has 2 aromatic rings. The van der Waals surface area contributed by atoms with Crippen LogP contribution in [0, 0.1) is 0 Å². The largest absolute Gasteiger partial charge is 0.493 e. The van der Waals surface area contributed by atoms with E-state index in [1.54, 1.807) is 37.3 Å². The van der Waals surface area contributed by atoms with Crippen molar-refractivity contribution in [3.8, 4) is 11.5 Å². The van der Waals surface area contributed by atoms with Gasteiger partial charge < -0.3 is 14.4 Å². The summed E-state index contributed by atoms with van der Waals surface area (Å²) in [5.74, 6) is 1.06. The average Bonchev–Trinajstić information content (AvgIpc) is 2.56. The summed E-state index contributed by atoms with van der Waals surface area (Å²) in [6.45, 7) is 4.32. The third-order valence-electron chi connectivity index (χ3n) is 3.49. The predicted octanol–water partition coefficient (Wildman–Crippen LogP) is 4.41. The quantitative estimate of drug-likeness (QED) is 0.777. The van der Waals surface area contributed by atoms with Crippen molar-refractivity contribution in [3.63, 3.8) is 0 Å². The maximum atomic E-state index is 12.6. The molecule has 0 saturated carbocycles. The molecule has 0 spiro atoms. The number of methoxy groups -OCH3 is 1. The minimum Gasteiger partial charge on any atom is -0.493 e. The second-order valence-electron chi connectivity index (χ2n) is 5.78. The number of benzene rings is 2. The van der Waals surface area contributed by atoms with Gasteiger partial charge in [0.05, 0.1) is 13.2 Å². The summed E-state index contributed by atoms with van der Waals surface area (Å²) in [7, 11) is 3.31. The summed E-state index contributed by atoms with van der Waals surface area (Å²) < 4.78 is 11.0. The normalized spacial score (nSPS) is 10.6. The zero-order valence-electron chi connectivity index (χ0n) is 14.4. The molecule has 0 bridgehead atoms.